The minimum Gasteiger partial charge on any atom is -0.506 e. The number of fused-ring (bicyclic) bond motifs is 1. The summed E-state index contributed by atoms with van der Waals surface area (Å²) in [5, 5.41) is 29.3. The van der Waals surface area contributed by atoms with E-state index in [0.29, 0.717) is 11.3 Å². The zero-order valence-corrected chi connectivity index (χ0v) is 14.7. The largest absolute Gasteiger partial charge is 0.506 e. The number of nitro groups is 1. The monoisotopic (exact) mass is 387 g/mol. The smallest absolute Gasteiger partial charge is 0.295 e. The Bertz CT molecular complexity index is 1200. The molecule has 9 nitrogen and oxygen atoms in total. The van der Waals surface area contributed by atoms with Crippen molar-refractivity contribution in [1.82, 2.24) is 0 Å². The molecule has 0 atom stereocenters. The van der Waals surface area contributed by atoms with E-state index in [1.807, 2.05) is 0 Å². The predicted molar refractivity (Wildman–Crippen MR) is 97.4 cm³/mol. The Hall–Kier alpha value is -3.37. The molecule has 0 unspecified atom stereocenters. The van der Waals surface area contributed by atoms with Gasteiger partial charge in [0.1, 0.15) is 16.3 Å². The molecule has 0 spiro atoms. The van der Waals surface area contributed by atoms with Crippen molar-refractivity contribution in [2.75, 3.05) is 0 Å². The van der Waals surface area contributed by atoms with Crippen molar-refractivity contribution in [2.24, 2.45) is 10.2 Å². The molecule has 0 aromatic heterocycles. The topological polar surface area (TPSA) is 142 Å². The summed E-state index contributed by atoms with van der Waals surface area (Å²) in [5.41, 5.74) is 0.668. The Balaban J connectivity index is 2.12. The van der Waals surface area contributed by atoms with Crippen LogP contribution in [0.4, 0.5) is 17.1 Å². The van der Waals surface area contributed by atoms with Gasteiger partial charge in [-0.05, 0) is 37.3 Å². The second kappa shape index (κ2) is 6.74. The number of rotatable bonds is 4. The standard InChI is InChI=1S/C17H13N3O6S/c1-10-9-11(5-7-14(10)20(22)23)18-19-17-13-3-2-4-16(27(24,25)26)12(13)6-8-15(17)21/h2-9,21H,1H3,(H,24,25,26). The SMILES string of the molecule is Cc1cc(N=Nc2c(O)ccc3c(S(=O)(=O)O)cccc23)ccc1[N+](=O)[O-]. The molecule has 0 aliphatic rings. The fraction of sp³-hybridized carbons (Fsp3) is 0.0588. The van der Waals surface area contributed by atoms with Crippen molar-refractivity contribution in [3.05, 3.63) is 64.2 Å². The first-order valence-corrected chi connectivity index (χ1v) is 9.01. The van der Waals surface area contributed by atoms with Crippen LogP contribution in [0.3, 0.4) is 0 Å². The molecule has 2 N–H and O–H groups in total. The van der Waals surface area contributed by atoms with Crippen LogP contribution in [0.1, 0.15) is 5.56 Å². The van der Waals surface area contributed by atoms with Crippen molar-refractivity contribution in [3.63, 3.8) is 0 Å². The molecule has 0 aliphatic carbocycles. The van der Waals surface area contributed by atoms with Crippen LogP contribution in [0.25, 0.3) is 10.8 Å². The molecule has 0 amide bonds. The number of phenolic OH excluding ortho intramolecular Hbond substituents is 1. The van der Waals surface area contributed by atoms with Crippen LogP contribution in [-0.4, -0.2) is 23.0 Å². The van der Waals surface area contributed by atoms with Gasteiger partial charge in [0.15, 0.2) is 0 Å². The molecule has 0 bridgehead atoms. The van der Waals surface area contributed by atoms with Crippen LogP contribution in [0.15, 0.2) is 63.7 Å². The fourth-order valence-electron chi connectivity index (χ4n) is 2.65. The number of hydrogen-bond donors (Lipinski definition) is 2. The quantitative estimate of drug-likeness (QED) is 0.293. The van der Waals surface area contributed by atoms with Crippen LogP contribution in [0.2, 0.25) is 0 Å². The highest BCUT2D eigenvalue weighted by molar-refractivity contribution is 7.86. The van der Waals surface area contributed by atoms with Gasteiger partial charge in [0.05, 0.1) is 10.6 Å². The van der Waals surface area contributed by atoms with Gasteiger partial charge in [-0.2, -0.15) is 13.5 Å². The first-order valence-electron chi connectivity index (χ1n) is 7.57. The van der Waals surface area contributed by atoms with E-state index < -0.39 is 15.0 Å². The Morgan fingerprint density at radius 1 is 1.04 bits per heavy atom. The molecule has 0 saturated carbocycles. The third-order valence-electron chi connectivity index (χ3n) is 3.89. The molecule has 0 heterocycles. The minimum absolute atomic E-state index is 0.00834. The number of nitro benzene ring substituents is 1. The van der Waals surface area contributed by atoms with Gasteiger partial charge in [-0.1, -0.05) is 12.1 Å². The van der Waals surface area contributed by atoms with Crippen molar-refractivity contribution < 1.29 is 23.0 Å². The minimum atomic E-state index is -4.46. The van der Waals surface area contributed by atoms with Crippen LogP contribution in [-0.2, 0) is 10.1 Å². The molecular formula is C17H13N3O6S. The molecule has 10 heteroatoms. The molecule has 27 heavy (non-hydrogen) atoms. The zero-order chi connectivity index (χ0) is 19.8. The molecule has 138 valence electrons. The Morgan fingerprint density at radius 3 is 2.41 bits per heavy atom. The van der Waals surface area contributed by atoms with E-state index in [4.69, 9.17) is 0 Å². The maximum absolute atomic E-state index is 11.5. The average Bonchev–Trinajstić information content (AvgIpc) is 2.59. The number of azo groups is 1. The Morgan fingerprint density at radius 2 is 1.78 bits per heavy atom. The highest BCUT2D eigenvalue weighted by Crippen LogP contribution is 2.38. The third kappa shape index (κ3) is 3.61. The van der Waals surface area contributed by atoms with E-state index in [0.717, 1.165) is 0 Å². The number of phenols is 1. The third-order valence-corrected chi connectivity index (χ3v) is 4.80. The van der Waals surface area contributed by atoms with Gasteiger partial charge in [0.2, 0.25) is 0 Å². The molecule has 0 radical (unpaired) electrons. The molecule has 0 saturated heterocycles. The van der Waals surface area contributed by atoms with Crippen molar-refractivity contribution in [1.29, 1.82) is 0 Å². The Labute approximate surface area is 153 Å². The first kappa shape index (κ1) is 18.4. The van der Waals surface area contributed by atoms with Gasteiger partial charge in [-0.25, -0.2) is 0 Å². The first-order chi connectivity index (χ1) is 12.7. The van der Waals surface area contributed by atoms with Crippen molar-refractivity contribution in [2.45, 2.75) is 11.8 Å². The normalized spacial score (nSPS) is 11.9. The zero-order valence-electron chi connectivity index (χ0n) is 13.9. The lowest BCUT2D eigenvalue weighted by molar-refractivity contribution is -0.385. The molecule has 0 aliphatic heterocycles. The molecular weight excluding hydrogens is 374 g/mol. The lowest BCUT2D eigenvalue weighted by Gasteiger charge is -2.07. The summed E-state index contributed by atoms with van der Waals surface area (Å²) >= 11 is 0. The predicted octanol–water partition coefficient (Wildman–Crippen LogP) is 4.42. The van der Waals surface area contributed by atoms with Gasteiger partial charge in [0.25, 0.3) is 15.8 Å². The van der Waals surface area contributed by atoms with E-state index >= 15 is 0 Å². The lowest BCUT2D eigenvalue weighted by Crippen LogP contribution is -1.98. The van der Waals surface area contributed by atoms with Crippen molar-refractivity contribution >= 4 is 38.0 Å². The summed E-state index contributed by atoms with van der Waals surface area (Å²) in [7, 11) is -4.46. The Kier molecular flexibility index (Phi) is 4.60. The fourth-order valence-corrected chi connectivity index (χ4v) is 3.35. The van der Waals surface area contributed by atoms with Crippen molar-refractivity contribution in [3.8, 4) is 5.75 Å². The summed E-state index contributed by atoms with van der Waals surface area (Å²) in [6.07, 6.45) is 0. The molecule has 3 aromatic rings. The van der Waals surface area contributed by atoms with E-state index in [9.17, 15) is 28.2 Å². The van der Waals surface area contributed by atoms with Gasteiger partial charge in [0, 0.05) is 22.4 Å². The van der Waals surface area contributed by atoms with E-state index in [1.54, 1.807) is 6.92 Å². The highest BCUT2D eigenvalue weighted by Gasteiger charge is 2.17. The summed E-state index contributed by atoms with van der Waals surface area (Å²) in [5.74, 6) is -0.239. The summed E-state index contributed by atoms with van der Waals surface area (Å²) in [6, 6.07) is 10.9. The molecule has 0 fully saturated rings. The van der Waals surface area contributed by atoms with E-state index in [2.05, 4.69) is 10.2 Å². The summed E-state index contributed by atoms with van der Waals surface area (Å²) in [4.78, 5) is 10.0. The maximum atomic E-state index is 11.5. The number of aryl methyl sites for hydroxylation is 1. The highest BCUT2D eigenvalue weighted by atomic mass is 32.2. The van der Waals surface area contributed by atoms with E-state index in [-0.39, 0.29) is 32.8 Å². The number of aromatic hydroxyl groups is 1. The van der Waals surface area contributed by atoms with Gasteiger partial charge in [-0.15, -0.1) is 5.11 Å². The molecule has 3 aromatic carbocycles. The van der Waals surface area contributed by atoms with Gasteiger partial charge < -0.3 is 5.11 Å². The number of nitrogens with zero attached hydrogens (tertiary/aromatic N) is 3. The second-order valence-electron chi connectivity index (χ2n) is 5.69. The van der Waals surface area contributed by atoms with Crippen LogP contribution in [0.5, 0.6) is 5.75 Å². The summed E-state index contributed by atoms with van der Waals surface area (Å²) in [6.45, 7) is 1.56. The van der Waals surface area contributed by atoms with Gasteiger partial charge >= 0.3 is 0 Å². The average molecular weight is 387 g/mol. The van der Waals surface area contributed by atoms with Crippen LogP contribution < -0.4 is 0 Å². The molecule has 3 rings (SSSR count). The van der Waals surface area contributed by atoms with Gasteiger partial charge in [-0.3, -0.25) is 14.7 Å². The van der Waals surface area contributed by atoms with E-state index in [1.165, 1.54) is 48.5 Å². The maximum Gasteiger partial charge on any atom is 0.295 e. The number of benzene rings is 3. The number of hydrogen-bond acceptors (Lipinski definition) is 7. The van der Waals surface area contributed by atoms with Crippen LogP contribution >= 0.6 is 0 Å². The lowest BCUT2D eigenvalue weighted by atomic mass is 10.1. The summed E-state index contributed by atoms with van der Waals surface area (Å²) < 4.78 is 32.4. The second-order valence-corrected chi connectivity index (χ2v) is 7.08. The van der Waals surface area contributed by atoms with Crippen LogP contribution in [0, 0.1) is 17.0 Å².